The molecule has 0 aliphatic carbocycles. The molecule has 4 heteroatoms. The number of aliphatic hydroxyl groups excluding tert-OH is 1. The zero-order valence-corrected chi connectivity index (χ0v) is 8.06. The Hall–Kier alpha value is -1.99. The smallest absolute Gasteiger partial charge is 0.412 e. The number of terminal acetylenes is 1. The molecule has 0 spiro atoms. The molecule has 1 rings (SSSR count). The molecular formula is C11H11NO3. The van der Waals surface area contributed by atoms with E-state index in [1.165, 1.54) is 0 Å². The summed E-state index contributed by atoms with van der Waals surface area (Å²) < 4.78 is 4.62. The number of aliphatic hydroxyl groups is 1. The van der Waals surface area contributed by atoms with Crippen LogP contribution in [0, 0.1) is 12.3 Å². The molecule has 0 aromatic heterocycles. The Labute approximate surface area is 87.9 Å². The average Bonchev–Trinajstić information content (AvgIpc) is 2.27. The van der Waals surface area contributed by atoms with E-state index in [0.29, 0.717) is 5.69 Å². The quantitative estimate of drug-likeness (QED) is 0.732. The summed E-state index contributed by atoms with van der Waals surface area (Å²) in [5, 5.41) is 11.3. The van der Waals surface area contributed by atoms with Crippen LogP contribution in [-0.2, 0) is 11.3 Å². The Balaban J connectivity index is 2.50. The number of hydrogen-bond donors (Lipinski definition) is 2. The summed E-state index contributed by atoms with van der Waals surface area (Å²) in [5.74, 6) is 2.19. The van der Waals surface area contributed by atoms with Crippen molar-refractivity contribution < 1.29 is 14.6 Å². The van der Waals surface area contributed by atoms with E-state index in [9.17, 15) is 4.79 Å². The largest absolute Gasteiger partial charge is 0.436 e. The summed E-state index contributed by atoms with van der Waals surface area (Å²) in [6, 6.07) is 6.75. The maximum absolute atomic E-state index is 11.0. The minimum atomic E-state index is -0.593. The number of anilines is 1. The van der Waals surface area contributed by atoms with Crippen LogP contribution in [0.3, 0.4) is 0 Å². The highest BCUT2D eigenvalue weighted by molar-refractivity contribution is 5.84. The molecule has 0 bridgehead atoms. The van der Waals surface area contributed by atoms with E-state index >= 15 is 0 Å². The maximum atomic E-state index is 11.0. The Morgan fingerprint density at radius 3 is 2.67 bits per heavy atom. The van der Waals surface area contributed by atoms with Gasteiger partial charge in [-0.15, -0.1) is 6.42 Å². The third kappa shape index (κ3) is 3.71. The lowest BCUT2D eigenvalue weighted by Crippen LogP contribution is -2.13. The first-order valence-corrected chi connectivity index (χ1v) is 4.33. The monoisotopic (exact) mass is 205 g/mol. The molecule has 15 heavy (non-hydrogen) atoms. The number of rotatable bonds is 3. The van der Waals surface area contributed by atoms with Crippen molar-refractivity contribution in [3.8, 4) is 12.3 Å². The lowest BCUT2D eigenvalue weighted by atomic mass is 10.2. The average molecular weight is 205 g/mol. The molecule has 1 aromatic rings. The highest BCUT2D eigenvalue weighted by Gasteiger charge is 2.01. The second kappa shape index (κ2) is 5.68. The number of carbonyl (C=O) groups excluding carboxylic acids is 1. The van der Waals surface area contributed by atoms with Crippen molar-refractivity contribution in [3.05, 3.63) is 29.8 Å². The number of ether oxygens (including phenoxy) is 1. The van der Waals surface area contributed by atoms with Crippen LogP contribution in [0.2, 0.25) is 0 Å². The van der Waals surface area contributed by atoms with Gasteiger partial charge in [0.15, 0.2) is 6.61 Å². The van der Waals surface area contributed by atoms with Crippen molar-refractivity contribution >= 4 is 11.8 Å². The number of benzene rings is 1. The standard InChI is InChI=1S/C11H11NO3/c1-2-7-15-11(14)12-10-5-3-9(8-13)4-6-10/h1,3-6,13H,7-8H2,(H,12,14). The van der Waals surface area contributed by atoms with Gasteiger partial charge in [-0.1, -0.05) is 18.1 Å². The number of amides is 1. The van der Waals surface area contributed by atoms with Crippen LogP contribution in [0.15, 0.2) is 24.3 Å². The van der Waals surface area contributed by atoms with Gasteiger partial charge in [0, 0.05) is 5.69 Å². The lowest BCUT2D eigenvalue weighted by molar-refractivity contribution is 0.176. The van der Waals surface area contributed by atoms with E-state index in [1.54, 1.807) is 24.3 Å². The maximum Gasteiger partial charge on any atom is 0.412 e. The second-order valence-electron chi connectivity index (χ2n) is 2.76. The van der Waals surface area contributed by atoms with Crippen LogP contribution < -0.4 is 5.32 Å². The molecule has 0 saturated heterocycles. The second-order valence-corrected chi connectivity index (χ2v) is 2.76. The molecule has 0 aliphatic rings. The molecule has 0 unspecified atom stereocenters. The van der Waals surface area contributed by atoms with Gasteiger partial charge < -0.3 is 9.84 Å². The van der Waals surface area contributed by atoms with Crippen molar-refractivity contribution in [2.24, 2.45) is 0 Å². The van der Waals surface area contributed by atoms with Gasteiger partial charge in [0.1, 0.15) is 0 Å². The topological polar surface area (TPSA) is 58.6 Å². The zero-order valence-electron chi connectivity index (χ0n) is 8.06. The van der Waals surface area contributed by atoms with Gasteiger partial charge in [-0.25, -0.2) is 4.79 Å². The van der Waals surface area contributed by atoms with Crippen LogP contribution in [-0.4, -0.2) is 17.8 Å². The Morgan fingerprint density at radius 1 is 1.47 bits per heavy atom. The fourth-order valence-electron chi connectivity index (χ4n) is 0.955. The molecular weight excluding hydrogens is 194 g/mol. The summed E-state index contributed by atoms with van der Waals surface area (Å²) in [7, 11) is 0. The molecule has 0 aliphatic heterocycles. The Morgan fingerprint density at radius 2 is 2.13 bits per heavy atom. The first-order chi connectivity index (χ1) is 7.26. The van der Waals surface area contributed by atoms with E-state index in [0.717, 1.165) is 5.56 Å². The van der Waals surface area contributed by atoms with Crippen LogP contribution in [0.4, 0.5) is 10.5 Å². The minimum Gasteiger partial charge on any atom is -0.436 e. The summed E-state index contributed by atoms with van der Waals surface area (Å²) in [5.41, 5.74) is 1.37. The normalized spacial score (nSPS) is 9.07. The zero-order chi connectivity index (χ0) is 11.1. The van der Waals surface area contributed by atoms with Crippen LogP contribution in [0.5, 0.6) is 0 Å². The molecule has 0 atom stereocenters. The van der Waals surface area contributed by atoms with E-state index in [-0.39, 0.29) is 13.2 Å². The van der Waals surface area contributed by atoms with Gasteiger partial charge in [-0.3, -0.25) is 5.32 Å². The Bertz CT molecular complexity index is 364. The lowest BCUT2D eigenvalue weighted by Gasteiger charge is -2.04. The predicted octanol–water partition coefficient (Wildman–Crippen LogP) is 1.36. The van der Waals surface area contributed by atoms with Gasteiger partial charge in [-0.05, 0) is 17.7 Å². The third-order valence-electron chi connectivity index (χ3n) is 1.67. The highest BCUT2D eigenvalue weighted by Crippen LogP contribution is 2.09. The number of nitrogens with one attached hydrogen (secondary N) is 1. The summed E-state index contributed by atoms with van der Waals surface area (Å²) >= 11 is 0. The van der Waals surface area contributed by atoms with Crippen molar-refractivity contribution in [1.29, 1.82) is 0 Å². The fraction of sp³-hybridized carbons (Fsp3) is 0.182. The first-order valence-electron chi connectivity index (χ1n) is 4.33. The molecule has 0 radical (unpaired) electrons. The highest BCUT2D eigenvalue weighted by atomic mass is 16.5. The molecule has 1 amide bonds. The van der Waals surface area contributed by atoms with Crippen molar-refractivity contribution in [2.75, 3.05) is 11.9 Å². The van der Waals surface area contributed by atoms with E-state index in [1.807, 2.05) is 0 Å². The number of carbonyl (C=O) groups is 1. The van der Waals surface area contributed by atoms with Crippen LogP contribution >= 0.6 is 0 Å². The fourth-order valence-corrected chi connectivity index (χ4v) is 0.955. The summed E-state index contributed by atoms with van der Waals surface area (Å²) in [6.07, 6.45) is 4.33. The van der Waals surface area contributed by atoms with Gasteiger partial charge in [0.05, 0.1) is 6.61 Å². The molecule has 4 nitrogen and oxygen atoms in total. The summed E-state index contributed by atoms with van der Waals surface area (Å²) in [4.78, 5) is 11.0. The van der Waals surface area contributed by atoms with Crippen LogP contribution in [0.1, 0.15) is 5.56 Å². The van der Waals surface area contributed by atoms with E-state index < -0.39 is 6.09 Å². The van der Waals surface area contributed by atoms with Gasteiger partial charge >= 0.3 is 6.09 Å². The third-order valence-corrected chi connectivity index (χ3v) is 1.67. The number of hydrogen-bond acceptors (Lipinski definition) is 3. The van der Waals surface area contributed by atoms with Crippen LogP contribution in [0.25, 0.3) is 0 Å². The predicted molar refractivity (Wildman–Crippen MR) is 56.2 cm³/mol. The molecule has 0 heterocycles. The van der Waals surface area contributed by atoms with Gasteiger partial charge in [0.2, 0.25) is 0 Å². The molecule has 78 valence electrons. The molecule has 0 saturated carbocycles. The molecule has 0 fully saturated rings. The van der Waals surface area contributed by atoms with E-state index in [2.05, 4.69) is 16.0 Å². The molecule has 1 aromatic carbocycles. The van der Waals surface area contributed by atoms with Gasteiger partial charge in [-0.2, -0.15) is 0 Å². The van der Waals surface area contributed by atoms with Crippen molar-refractivity contribution in [3.63, 3.8) is 0 Å². The SMILES string of the molecule is C#CCOC(=O)Nc1ccc(CO)cc1. The Kier molecular flexibility index (Phi) is 4.20. The van der Waals surface area contributed by atoms with Gasteiger partial charge in [0.25, 0.3) is 0 Å². The summed E-state index contributed by atoms with van der Waals surface area (Å²) in [6.45, 7) is -0.0810. The van der Waals surface area contributed by atoms with Crippen molar-refractivity contribution in [1.82, 2.24) is 0 Å². The minimum absolute atomic E-state index is 0.0260. The van der Waals surface area contributed by atoms with Crippen molar-refractivity contribution in [2.45, 2.75) is 6.61 Å². The van der Waals surface area contributed by atoms with E-state index in [4.69, 9.17) is 11.5 Å². The first kappa shape index (κ1) is 11.1. The molecule has 2 N–H and O–H groups in total.